The number of anilines is 1. The molecule has 0 aliphatic carbocycles. The van der Waals surface area contributed by atoms with E-state index >= 15 is 0 Å². The Kier molecular flexibility index (Phi) is 2.16. The average Bonchev–Trinajstić information content (AvgIpc) is 2.27. The molecule has 0 amide bonds. The van der Waals surface area contributed by atoms with E-state index in [1.807, 2.05) is 18.2 Å². The zero-order valence-electron chi connectivity index (χ0n) is 7.69. The van der Waals surface area contributed by atoms with Gasteiger partial charge in [-0.3, -0.25) is 4.98 Å². The lowest BCUT2D eigenvalue weighted by molar-refractivity contribution is 0.419. The van der Waals surface area contributed by atoms with E-state index in [4.69, 9.17) is 10.6 Å². The third-order valence-electron chi connectivity index (χ3n) is 1.90. The summed E-state index contributed by atoms with van der Waals surface area (Å²) in [5.41, 5.74) is 3.92. The molecule has 1 aromatic carbocycles. The molecule has 72 valence electrons. The summed E-state index contributed by atoms with van der Waals surface area (Å²) in [4.78, 5) is 8.42. The second kappa shape index (κ2) is 3.47. The highest BCUT2D eigenvalue weighted by Gasteiger charge is 2.03. The molecule has 5 heteroatoms. The van der Waals surface area contributed by atoms with Crippen LogP contribution in [0.3, 0.4) is 0 Å². The van der Waals surface area contributed by atoms with Crippen molar-refractivity contribution in [1.82, 2.24) is 9.97 Å². The fourth-order valence-corrected chi connectivity index (χ4v) is 1.24. The van der Waals surface area contributed by atoms with E-state index in [-0.39, 0.29) is 0 Å². The minimum Gasteiger partial charge on any atom is -0.494 e. The van der Waals surface area contributed by atoms with Gasteiger partial charge in [-0.15, -0.1) is 0 Å². The van der Waals surface area contributed by atoms with Crippen LogP contribution in [0, 0.1) is 0 Å². The molecule has 5 nitrogen and oxygen atoms in total. The normalized spacial score (nSPS) is 10.1. The lowest BCUT2D eigenvalue weighted by atomic mass is 10.3. The van der Waals surface area contributed by atoms with Gasteiger partial charge in [0.25, 0.3) is 0 Å². The van der Waals surface area contributed by atoms with Crippen LogP contribution in [0.25, 0.3) is 11.0 Å². The highest BCUT2D eigenvalue weighted by Crippen LogP contribution is 2.22. The summed E-state index contributed by atoms with van der Waals surface area (Å²) in [6, 6.07) is 5.56. The van der Waals surface area contributed by atoms with Crippen LogP contribution < -0.4 is 16.0 Å². The number of rotatable bonds is 2. The topological polar surface area (TPSA) is 73.1 Å². The molecule has 0 saturated heterocycles. The zero-order chi connectivity index (χ0) is 9.97. The van der Waals surface area contributed by atoms with Crippen molar-refractivity contribution in [2.45, 2.75) is 0 Å². The molecule has 0 unspecified atom stereocenters. The molecule has 0 bridgehead atoms. The van der Waals surface area contributed by atoms with Gasteiger partial charge in [-0.1, -0.05) is 6.07 Å². The van der Waals surface area contributed by atoms with Crippen LogP contribution in [0.2, 0.25) is 0 Å². The van der Waals surface area contributed by atoms with Crippen LogP contribution in [0.15, 0.2) is 24.4 Å². The van der Waals surface area contributed by atoms with Gasteiger partial charge in [0.15, 0.2) is 5.82 Å². The largest absolute Gasteiger partial charge is 0.494 e. The van der Waals surface area contributed by atoms with Crippen molar-refractivity contribution in [1.29, 1.82) is 0 Å². The van der Waals surface area contributed by atoms with Crippen molar-refractivity contribution in [3.05, 3.63) is 24.4 Å². The number of para-hydroxylation sites is 1. The van der Waals surface area contributed by atoms with Crippen LogP contribution in [-0.4, -0.2) is 17.1 Å². The molecule has 0 spiro atoms. The van der Waals surface area contributed by atoms with Gasteiger partial charge in [0.2, 0.25) is 0 Å². The lowest BCUT2D eigenvalue weighted by Crippen LogP contribution is -2.08. The summed E-state index contributed by atoms with van der Waals surface area (Å²) >= 11 is 0. The molecule has 0 aliphatic rings. The Labute approximate surface area is 80.9 Å². The summed E-state index contributed by atoms with van der Waals surface area (Å²) in [5, 5.41) is 0. The zero-order valence-corrected chi connectivity index (χ0v) is 7.69. The van der Waals surface area contributed by atoms with Gasteiger partial charge in [-0.25, -0.2) is 10.8 Å². The van der Waals surface area contributed by atoms with Crippen molar-refractivity contribution in [2.24, 2.45) is 5.84 Å². The maximum absolute atomic E-state index is 5.24. The number of methoxy groups -OCH3 is 1. The van der Waals surface area contributed by atoms with E-state index < -0.39 is 0 Å². The molecule has 14 heavy (non-hydrogen) atoms. The number of nitrogens with zero attached hydrogens (tertiary/aromatic N) is 2. The maximum Gasteiger partial charge on any atom is 0.159 e. The first-order valence-corrected chi connectivity index (χ1v) is 4.11. The summed E-state index contributed by atoms with van der Waals surface area (Å²) < 4.78 is 5.16. The number of hydrogen-bond donors (Lipinski definition) is 2. The van der Waals surface area contributed by atoms with E-state index in [1.165, 1.54) is 0 Å². The van der Waals surface area contributed by atoms with Crippen molar-refractivity contribution in [3.63, 3.8) is 0 Å². The van der Waals surface area contributed by atoms with Crippen molar-refractivity contribution < 1.29 is 4.74 Å². The Balaban J connectivity index is 2.70. The van der Waals surface area contributed by atoms with Crippen molar-refractivity contribution >= 4 is 16.9 Å². The third kappa shape index (κ3) is 1.33. The Morgan fingerprint density at radius 2 is 2.29 bits per heavy atom. The lowest BCUT2D eigenvalue weighted by Gasteiger charge is -2.04. The number of aromatic nitrogens is 2. The van der Waals surface area contributed by atoms with Crippen LogP contribution >= 0.6 is 0 Å². The SMILES string of the molecule is COc1cccc2ncc(NN)nc12. The van der Waals surface area contributed by atoms with Crippen LogP contribution in [-0.2, 0) is 0 Å². The summed E-state index contributed by atoms with van der Waals surface area (Å²) in [6.07, 6.45) is 1.57. The number of nitrogen functional groups attached to an aromatic ring is 1. The smallest absolute Gasteiger partial charge is 0.159 e. The standard InChI is InChI=1S/C9H10N4O/c1-14-7-4-2-3-6-9(7)12-8(13-10)5-11-6/h2-5H,10H2,1H3,(H,12,13). The average molecular weight is 190 g/mol. The maximum atomic E-state index is 5.24. The molecule has 0 fully saturated rings. The number of nitrogens with two attached hydrogens (primary N) is 1. The van der Waals surface area contributed by atoms with Gasteiger partial charge in [0.05, 0.1) is 18.8 Å². The molecule has 0 saturated carbocycles. The summed E-state index contributed by atoms with van der Waals surface area (Å²) in [6.45, 7) is 0. The Hall–Kier alpha value is -1.88. The minimum atomic E-state index is 0.516. The molecule has 0 radical (unpaired) electrons. The van der Waals surface area contributed by atoms with E-state index in [1.54, 1.807) is 13.3 Å². The highest BCUT2D eigenvalue weighted by atomic mass is 16.5. The van der Waals surface area contributed by atoms with Gasteiger partial charge in [-0.05, 0) is 12.1 Å². The van der Waals surface area contributed by atoms with Gasteiger partial charge in [-0.2, -0.15) is 0 Å². The van der Waals surface area contributed by atoms with Gasteiger partial charge < -0.3 is 10.2 Å². The predicted molar refractivity (Wildman–Crippen MR) is 53.9 cm³/mol. The number of nitrogens with one attached hydrogen (secondary N) is 1. The number of hydrogen-bond acceptors (Lipinski definition) is 5. The van der Waals surface area contributed by atoms with Gasteiger partial charge in [0, 0.05) is 0 Å². The third-order valence-corrected chi connectivity index (χ3v) is 1.90. The predicted octanol–water partition coefficient (Wildman–Crippen LogP) is 0.924. The van der Waals surface area contributed by atoms with E-state index in [2.05, 4.69) is 15.4 Å². The number of benzene rings is 1. The first-order valence-electron chi connectivity index (χ1n) is 4.11. The summed E-state index contributed by atoms with van der Waals surface area (Å²) in [5.74, 6) is 6.44. The number of ether oxygens (including phenoxy) is 1. The first kappa shape index (κ1) is 8.71. The molecular weight excluding hydrogens is 180 g/mol. The monoisotopic (exact) mass is 190 g/mol. The van der Waals surface area contributed by atoms with E-state index in [0.717, 1.165) is 5.52 Å². The molecule has 3 N–H and O–H groups in total. The molecule has 1 heterocycles. The van der Waals surface area contributed by atoms with Crippen LogP contribution in [0.1, 0.15) is 0 Å². The Bertz CT molecular complexity index is 458. The van der Waals surface area contributed by atoms with E-state index in [0.29, 0.717) is 17.1 Å². The number of fused-ring (bicyclic) bond motifs is 1. The Morgan fingerprint density at radius 1 is 1.43 bits per heavy atom. The molecule has 0 atom stereocenters. The second-order valence-corrected chi connectivity index (χ2v) is 2.73. The Morgan fingerprint density at radius 3 is 3.00 bits per heavy atom. The summed E-state index contributed by atoms with van der Waals surface area (Å²) in [7, 11) is 1.60. The molecule has 2 rings (SSSR count). The second-order valence-electron chi connectivity index (χ2n) is 2.73. The van der Waals surface area contributed by atoms with Crippen molar-refractivity contribution in [2.75, 3.05) is 12.5 Å². The van der Waals surface area contributed by atoms with Crippen LogP contribution in [0.4, 0.5) is 5.82 Å². The molecule has 1 aromatic heterocycles. The van der Waals surface area contributed by atoms with Crippen molar-refractivity contribution in [3.8, 4) is 5.75 Å². The quantitative estimate of drug-likeness (QED) is 0.544. The van der Waals surface area contributed by atoms with Crippen LogP contribution in [0.5, 0.6) is 5.75 Å². The minimum absolute atomic E-state index is 0.516. The first-order chi connectivity index (χ1) is 6.85. The fraction of sp³-hybridized carbons (Fsp3) is 0.111. The highest BCUT2D eigenvalue weighted by molar-refractivity contribution is 5.81. The molecular formula is C9H10N4O. The molecule has 0 aliphatic heterocycles. The number of hydrazine groups is 1. The van der Waals surface area contributed by atoms with Gasteiger partial charge in [0.1, 0.15) is 11.3 Å². The molecule has 2 aromatic rings. The van der Waals surface area contributed by atoms with E-state index in [9.17, 15) is 0 Å². The van der Waals surface area contributed by atoms with Gasteiger partial charge >= 0.3 is 0 Å². The fourth-order valence-electron chi connectivity index (χ4n) is 1.24.